The summed E-state index contributed by atoms with van der Waals surface area (Å²) in [6, 6.07) is 2.29. The maximum atomic E-state index is 12.3. The van der Waals surface area contributed by atoms with Crippen LogP contribution < -0.4 is 5.32 Å². The first-order valence-electron chi connectivity index (χ1n) is 7.49. The second-order valence-corrected chi connectivity index (χ2v) is 6.40. The summed E-state index contributed by atoms with van der Waals surface area (Å²) in [5.41, 5.74) is 0.727. The van der Waals surface area contributed by atoms with Crippen molar-refractivity contribution in [2.24, 2.45) is 0 Å². The van der Waals surface area contributed by atoms with Gasteiger partial charge in [-0.15, -0.1) is 0 Å². The molecule has 2 heterocycles. The van der Waals surface area contributed by atoms with Crippen molar-refractivity contribution < 1.29 is 4.79 Å². The number of likely N-dealkylation sites (tertiary alicyclic amines) is 1. The molecular weight excluding hydrogens is 318 g/mol. The van der Waals surface area contributed by atoms with E-state index in [9.17, 15) is 4.79 Å². The van der Waals surface area contributed by atoms with Crippen LogP contribution in [0.1, 0.15) is 43.6 Å². The third-order valence-electron chi connectivity index (χ3n) is 4.01. The smallest absolute Gasteiger partial charge is 0.267 e. The Morgan fingerprint density at radius 3 is 2.75 bits per heavy atom. The minimum Gasteiger partial charge on any atom is -0.349 e. The number of aryl methyl sites for hydroxylation is 1. The van der Waals surface area contributed by atoms with E-state index in [-0.39, 0.29) is 5.91 Å². The van der Waals surface area contributed by atoms with Crippen LogP contribution in [0.3, 0.4) is 0 Å². The molecule has 0 spiro atoms. The van der Waals surface area contributed by atoms with Crippen molar-refractivity contribution in [3.63, 3.8) is 0 Å². The van der Waals surface area contributed by atoms with Crippen molar-refractivity contribution in [1.82, 2.24) is 14.8 Å². The van der Waals surface area contributed by atoms with E-state index >= 15 is 0 Å². The number of aromatic nitrogens is 1. The lowest BCUT2D eigenvalue weighted by atomic mass is 10.1. The van der Waals surface area contributed by atoms with Gasteiger partial charge >= 0.3 is 0 Å². The van der Waals surface area contributed by atoms with Crippen molar-refractivity contribution >= 4 is 21.8 Å². The summed E-state index contributed by atoms with van der Waals surface area (Å²) < 4.78 is 2.92. The van der Waals surface area contributed by atoms with Crippen molar-refractivity contribution in [1.29, 1.82) is 0 Å². The van der Waals surface area contributed by atoms with Gasteiger partial charge in [0.25, 0.3) is 5.91 Å². The molecule has 1 aromatic rings. The molecule has 1 N–H and O–H groups in total. The molecule has 20 heavy (non-hydrogen) atoms. The van der Waals surface area contributed by atoms with Gasteiger partial charge in [-0.2, -0.15) is 0 Å². The number of rotatable bonds is 5. The lowest BCUT2D eigenvalue weighted by Crippen LogP contribution is -2.44. The van der Waals surface area contributed by atoms with E-state index in [0.717, 1.165) is 29.8 Å². The molecule has 1 aromatic heterocycles. The first-order valence-corrected chi connectivity index (χ1v) is 8.29. The van der Waals surface area contributed by atoms with E-state index < -0.39 is 0 Å². The quantitative estimate of drug-likeness (QED) is 0.893. The average Bonchev–Trinajstić information content (AvgIpc) is 2.86. The molecule has 0 aliphatic carbocycles. The fraction of sp³-hybridized carbons (Fsp3) is 0.667. The van der Waals surface area contributed by atoms with Gasteiger partial charge < -0.3 is 9.88 Å². The summed E-state index contributed by atoms with van der Waals surface area (Å²) in [5, 5.41) is 3.06. The number of nitrogens with zero attached hydrogens (tertiary/aromatic N) is 2. The van der Waals surface area contributed by atoms with E-state index in [0.29, 0.717) is 12.6 Å². The minimum absolute atomic E-state index is 0.0152. The predicted octanol–water partition coefficient (Wildman–Crippen LogP) is 2.87. The summed E-state index contributed by atoms with van der Waals surface area (Å²) in [7, 11) is 0. The molecular formula is C15H24BrN3O. The predicted molar refractivity (Wildman–Crippen MR) is 85.0 cm³/mol. The Morgan fingerprint density at radius 2 is 2.10 bits per heavy atom. The lowest BCUT2D eigenvalue weighted by Gasteiger charge is -2.32. The largest absolute Gasteiger partial charge is 0.349 e. The number of halogens is 1. The molecule has 1 fully saturated rings. The number of carbonyl (C=O) groups is 1. The highest BCUT2D eigenvalue weighted by Crippen LogP contribution is 2.15. The third kappa shape index (κ3) is 3.85. The number of amides is 1. The van der Waals surface area contributed by atoms with E-state index in [1.54, 1.807) is 0 Å². The Bertz CT molecular complexity index is 452. The number of carbonyl (C=O) groups excluding carboxylic acids is 1. The van der Waals surface area contributed by atoms with Crippen molar-refractivity contribution in [2.45, 2.75) is 45.7 Å². The minimum atomic E-state index is 0.0152. The summed E-state index contributed by atoms with van der Waals surface area (Å²) >= 11 is 3.43. The highest BCUT2D eigenvalue weighted by Gasteiger charge is 2.18. The molecule has 5 heteroatoms. The van der Waals surface area contributed by atoms with Crippen LogP contribution in [0, 0.1) is 0 Å². The zero-order chi connectivity index (χ0) is 14.5. The number of nitrogens with one attached hydrogen (secondary N) is 1. The molecule has 1 aliphatic heterocycles. The second kappa shape index (κ2) is 7.27. The standard InChI is InChI=1S/C15H24BrN3O/c1-3-18-11-13(16)9-14(18)15(20)17-10-12(2)19-7-5-4-6-8-19/h9,11-12H,3-8,10H2,1-2H3,(H,17,20). The van der Waals surface area contributed by atoms with Crippen LogP contribution in [0.25, 0.3) is 0 Å². The summed E-state index contributed by atoms with van der Waals surface area (Å²) in [5.74, 6) is 0.0152. The maximum Gasteiger partial charge on any atom is 0.267 e. The summed E-state index contributed by atoms with van der Waals surface area (Å²) in [6.45, 7) is 8.07. The molecule has 0 saturated carbocycles. The van der Waals surface area contributed by atoms with Gasteiger partial charge in [0.1, 0.15) is 5.69 Å². The highest BCUT2D eigenvalue weighted by atomic mass is 79.9. The molecule has 1 amide bonds. The Hall–Kier alpha value is -0.810. The highest BCUT2D eigenvalue weighted by molar-refractivity contribution is 9.10. The average molecular weight is 342 g/mol. The first kappa shape index (κ1) is 15.6. The molecule has 1 unspecified atom stereocenters. The molecule has 0 radical (unpaired) electrons. The Morgan fingerprint density at radius 1 is 1.40 bits per heavy atom. The van der Waals surface area contributed by atoms with Gasteiger partial charge in [0.15, 0.2) is 0 Å². The van der Waals surface area contributed by atoms with Crippen LogP contribution in [-0.2, 0) is 6.54 Å². The second-order valence-electron chi connectivity index (χ2n) is 5.49. The lowest BCUT2D eigenvalue weighted by molar-refractivity contribution is 0.0921. The normalized spacial score (nSPS) is 17.9. The van der Waals surface area contributed by atoms with Crippen LogP contribution in [0.4, 0.5) is 0 Å². The fourth-order valence-corrected chi connectivity index (χ4v) is 3.21. The van der Waals surface area contributed by atoms with Gasteiger partial charge in [0.2, 0.25) is 0 Å². The molecule has 2 rings (SSSR count). The SMILES string of the molecule is CCn1cc(Br)cc1C(=O)NCC(C)N1CCCCC1. The molecule has 1 atom stereocenters. The Balaban J connectivity index is 1.87. The summed E-state index contributed by atoms with van der Waals surface area (Å²) in [4.78, 5) is 14.7. The molecule has 1 saturated heterocycles. The molecule has 0 bridgehead atoms. The molecule has 1 aliphatic rings. The van der Waals surface area contributed by atoms with Crippen molar-refractivity contribution in [2.75, 3.05) is 19.6 Å². The van der Waals surface area contributed by atoms with Crippen LogP contribution in [0.2, 0.25) is 0 Å². The van der Waals surface area contributed by atoms with Gasteiger partial charge in [-0.25, -0.2) is 0 Å². The van der Waals surface area contributed by atoms with Crippen molar-refractivity contribution in [3.05, 3.63) is 22.4 Å². The van der Waals surface area contributed by atoms with Gasteiger partial charge in [-0.1, -0.05) is 6.42 Å². The Kier molecular flexibility index (Phi) is 5.66. The van der Waals surface area contributed by atoms with E-state index in [2.05, 4.69) is 33.1 Å². The summed E-state index contributed by atoms with van der Waals surface area (Å²) in [6.07, 6.45) is 5.85. The zero-order valence-electron chi connectivity index (χ0n) is 12.4. The van der Waals surface area contributed by atoms with Crippen LogP contribution in [0.15, 0.2) is 16.7 Å². The van der Waals surface area contributed by atoms with Crippen LogP contribution in [0.5, 0.6) is 0 Å². The van der Waals surface area contributed by atoms with Gasteiger partial charge in [-0.05, 0) is 61.8 Å². The Labute approximate surface area is 129 Å². The van der Waals surface area contributed by atoms with E-state index in [1.807, 2.05) is 23.8 Å². The first-order chi connectivity index (χ1) is 9.61. The van der Waals surface area contributed by atoms with Gasteiger partial charge in [0.05, 0.1) is 0 Å². The maximum absolute atomic E-state index is 12.3. The number of hydrogen-bond donors (Lipinski definition) is 1. The topological polar surface area (TPSA) is 37.3 Å². The zero-order valence-corrected chi connectivity index (χ0v) is 13.9. The van der Waals surface area contributed by atoms with Crippen molar-refractivity contribution in [3.8, 4) is 0 Å². The molecule has 0 aromatic carbocycles. The van der Waals surface area contributed by atoms with Crippen LogP contribution in [-0.4, -0.2) is 41.1 Å². The van der Waals surface area contributed by atoms with Gasteiger partial charge in [-0.3, -0.25) is 9.69 Å². The molecule has 4 nitrogen and oxygen atoms in total. The number of piperidine rings is 1. The molecule has 112 valence electrons. The fourth-order valence-electron chi connectivity index (χ4n) is 2.75. The van der Waals surface area contributed by atoms with E-state index in [4.69, 9.17) is 0 Å². The third-order valence-corrected chi connectivity index (χ3v) is 4.44. The van der Waals surface area contributed by atoms with E-state index in [1.165, 1.54) is 19.3 Å². The van der Waals surface area contributed by atoms with Gasteiger partial charge in [0, 0.05) is 29.8 Å². The number of hydrogen-bond acceptors (Lipinski definition) is 2. The van der Waals surface area contributed by atoms with Crippen LogP contribution >= 0.6 is 15.9 Å². The monoisotopic (exact) mass is 341 g/mol.